The summed E-state index contributed by atoms with van der Waals surface area (Å²) >= 11 is 5.79. The lowest BCUT2D eigenvalue weighted by molar-refractivity contribution is 0.594. The van der Waals surface area contributed by atoms with E-state index in [0.29, 0.717) is 5.52 Å². The molecule has 104 valence electrons. The zero-order valence-electron chi connectivity index (χ0n) is 9.45. The van der Waals surface area contributed by atoms with Crippen LogP contribution < -0.4 is 4.72 Å². The zero-order valence-corrected chi connectivity index (χ0v) is 11.8. The average molecular weight is 326 g/mol. The molecule has 19 heavy (non-hydrogen) atoms. The summed E-state index contributed by atoms with van der Waals surface area (Å²) in [5.74, 6) is -0.340. The van der Waals surface area contributed by atoms with Gasteiger partial charge in [-0.3, -0.25) is 4.72 Å². The van der Waals surface area contributed by atoms with Crippen molar-refractivity contribution in [3.63, 3.8) is 0 Å². The molecule has 2 heterocycles. The predicted octanol–water partition coefficient (Wildman–Crippen LogP) is -0.250. The van der Waals surface area contributed by atoms with E-state index in [1.165, 1.54) is 6.33 Å². The number of aromatic amines is 1. The van der Waals surface area contributed by atoms with Crippen LogP contribution in [0.15, 0.2) is 6.33 Å². The summed E-state index contributed by atoms with van der Waals surface area (Å²) in [6, 6.07) is 0. The van der Waals surface area contributed by atoms with E-state index in [1.54, 1.807) is 0 Å². The van der Waals surface area contributed by atoms with E-state index in [4.69, 9.17) is 11.6 Å². The Morgan fingerprint density at radius 1 is 1.32 bits per heavy atom. The van der Waals surface area contributed by atoms with Gasteiger partial charge in [-0.25, -0.2) is 21.8 Å². The predicted molar refractivity (Wildman–Crippen MR) is 68.9 cm³/mol. The molecule has 0 atom stereocenters. The number of sulfone groups is 1. The van der Waals surface area contributed by atoms with Gasteiger partial charge >= 0.3 is 0 Å². The second-order valence-corrected chi connectivity index (χ2v) is 8.29. The minimum Gasteiger partial charge on any atom is -0.341 e. The number of aromatic nitrogens is 4. The Hall–Kier alpha value is -1.46. The van der Waals surface area contributed by atoms with Crippen molar-refractivity contribution in [3.8, 4) is 0 Å². The lowest BCUT2D eigenvalue weighted by atomic mass is 10.6. The van der Waals surface area contributed by atoms with Crippen LogP contribution >= 0.6 is 11.6 Å². The first-order valence-electron chi connectivity index (χ1n) is 4.71. The van der Waals surface area contributed by atoms with E-state index < -0.39 is 24.9 Å². The minimum atomic E-state index is -4.12. The van der Waals surface area contributed by atoms with Gasteiger partial charge in [0, 0.05) is 6.26 Å². The first-order chi connectivity index (χ1) is 8.66. The van der Waals surface area contributed by atoms with E-state index in [-0.39, 0.29) is 16.7 Å². The molecule has 2 rings (SSSR count). The molecule has 0 aliphatic heterocycles. The maximum absolute atomic E-state index is 11.6. The Balaban J connectivity index is 2.36. The minimum absolute atomic E-state index is 0.0282. The molecule has 2 N–H and O–H groups in total. The Morgan fingerprint density at radius 3 is 2.63 bits per heavy atom. The van der Waals surface area contributed by atoms with Crippen LogP contribution in [-0.4, -0.2) is 48.1 Å². The van der Waals surface area contributed by atoms with E-state index in [9.17, 15) is 16.8 Å². The second-order valence-electron chi connectivity index (χ2n) is 3.70. The molecule has 0 unspecified atom stereocenters. The highest BCUT2D eigenvalue weighted by Gasteiger charge is 2.20. The van der Waals surface area contributed by atoms with Crippen LogP contribution in [-0.2, 0) is 19.9 Å². The molecular weight excluding hydrogens is 318 g/mol. The number of sulfonamides is 1. The monoisotopic (exact) mass is 325 g/mol. The molecule has 2 aromatic rings. The van der Waals surface area contributed by atoms with Crippen LogP contribution in [0.25, 0.3) is 11.2 Å². The third-order valence-corrected chi connectivity index (χ3v) is 5.58. The van der Waals surface area contributed by atoms with Crippen LogP contribution in [0.4, 0.5) is 5.95 Å². The van der Waals surface area contributed by atoms with Gasteiger partial charge in [-0.2, -0.15) is 9.97 Å². The van der Waals surface area contributed by atoms with Crippen molar-refractivity contribution >= 4 is 48.6 Å². The number of anilines is 1. The third kappa shape index (κ3) is 3.52. The molecular formula is C7H8ClN5O4S2. The van der Waals surface area contributed by atoms with Gasteiger partial charge in [0.15, 0.2) is 25.7 Å². The van der Waals surface area contributed by atoms with Crippen LogP contribution in [0.5, 0.6) is 0 Å². The Kier molecular flexibility index (Phi) is 3.36. The smallest absolute Gasteiger partial charge is 0.249 e. The third-order valence-electron chi connectivity index (χ3n) is 1.86. The Labute approximate surface area is 113 Å². The first kappa shape index (κ1) is 14.0. The highest BCUT2D eigenvalue weighted by atomic mass is 35.5. The maximum Gasteiger partial charge on any atom is 0.249 e. The SMILES string of the molecule is CS(=O)(=O)CS(=O)(=O)Nc1nc(Cl)c2[nH]cnc2n1. The van der Waals surface area contributed by atoms with Gasteiger partial charge < -0.3 is 4.98 Å². The molecule has 0 amide bonds. The molecule has 2 aromatic heterocycles. The van der Waals surface area contributed by atoms with Gasteiger partial charge in [0.05, 0.1) is 6.33 Å². The summed E-state index contributed by atoms with van der Waals surface area (Å²) in [5, 5.41) is -1.10. The number of hydrogen-bond acceptors (Lipinski definition) is 7. The number of rotatable bonds is 4. The van der Waals surface area contributed by atoms with Crippen molar-refractivity contribution in [2.45, 2.75) is 0 Å². The topological polar surface area (TPSA) is 135 Å². The summed E-state index contributed by atoms with van der Waals surface area (Å²) in [6.07, 6.45) is 2.12. The van der Waals surface area contributed by atoms with Crippen molar-refractivity contribution in [1.82, 2.24) is 19.9 Å². The molecule has 12 heteroatoms. The van der Waals surface area contributed by atoms with Gasteiger partial charge in [-0.15, -0.1) is 0 Å². The number of hydrogen-bond donors (Lipinski definition) is 2. The number of imidazole rings is 1. The van der Waals surface area contributed by atoms with Crippen LogP contribution in [0.3, 0.4) is 0 Å². The van der Waals surface area contributed by atoms with E-state index in [1.807, 2.05) is 4.72 Å². The van der Waals surface area contributed by atoms with Crippen LogP contribution in [0.1, 0.15) is 0 Å². The number of halogens is 1. The number of nitrogens with zero attached hydrogens (tertiary/aromatic N) is 3. The van der Waals surface area contributed by atoms with E-state index in [0.717, 1.165) is 6.26 Å². The number of H-pyrrole nitrogens is 1. The molecule has 0 saturated carbocycles. The Morgan fingerprint density at radius 2 is 2.00 bits per heavy atom. The van der Waals surface area contributed by atoms with Crippen molar-refractivity contribution in [2.24, 2.45) is 0 Å². The number of nitrogens with one attached hydrogen (secondary N) is 2. The molecule has 0 aromatic carbocycles. The molecule has 9 nitrogen and oxygen atoms in total. The van der Waals surface area contributed by atoms with Crippen molar-refractivity contribution in [1.29, 1.82) is 0 Å². The van der Waals surface area contributed by atoms with Gasteiger partial charge in [0.1, 0.15) is 5.52 Å². The van der Waals surface area contributed by atoms with E-state index in [2.05, 4.69) is 19.9 Å². The fraction of sp³-hybridized carbons (Fsp3) is 0.286. The highest BCUT2D eigenvalue weighted by Crippen LogP contribution is 2.18. The maximum atomic E-state index is 11.6. The summed E-state index contributed by atoms with van der Waals surface area (Å²) in [5.41, 5.74) is 0.518. The van der Waals surface area contributed by atoms with Gasteiger partial charge in [0.2, 0.25) is 16.0 Å². The van der Waals surface area contributed by atoms with Gasteiger partial charge in [0.25, 0.3) is 0 Å². The van der Waals surface area contributed by atoms with Crippen molar-refractivity contribution in [3.05, 3.63) is 11.5 Å². The summed E-state index contributed by atoms with van der Waals surface area (Å²) in [4.78, 5) is 14.0. The second kappa shape index (κ2) is 4.58. The Bertz CT molecular complexity index is 828. The molecule has 0 spiro atoms. The van der Waals surface area contributed by atoms with Crippen molar-refractivity contribution in [2.75, 3.05) is 16.1 Å². The quantitative estimate of drug-likeness (QED) is 0.740. The standard InChI is InChI=1S/C7H8ClN5O4S2/c1-18(14,15)3-19(16,17)13-7-11-5(8)4-6(12-7)10-2-9-4/h2H,3H2,1H3,(H2,9,10,11,12,13). The molecule has 0 bridgehead atoms. The summed E-state index contributed by atoms with van der Waals surface area (Å²) < 4.78 is 47.0. The first-order valence-corrected chi connectivity index (χ1v) is 8.80. The molecule has 0 aliphatic carbocycles. The molecule has 0 radical (unpaired) electrons. The number of fused-ring (bicyclic) bond motifs is 1. The lowest BCUT2D eigenvalue weighted by Crippen LogP contribution is -2.23. The van der Waals surface area contributed by atoms with Gasteiger partial charge in [-0.05, 0) is 0 Å². The molecule has 0 saturated heterocycles. The van der Waals surface area contributed by atoms with Crippen LogP contribution in [0, 0.1) is 0 Å². The zero-order chi connectivity index (χ0) is 14.3. The molecule has 0 fully saturated rings. The largest absolute Gasteiger partial charge is 0.341 e. The van der Waals surface area contributed by atoms with Crippen molar-refractivity contribution < 1.29 is 16.8 Å². The fourth-order valence-electron chi connectivity index (χ4n) is 1.29. The molecule has 0 aliphatic rings. The fourth-order valence-corrected chi connectivity index (χ4v) is 4.37. The highest BCUT2D eigenvalue weighted by molar-refractivity contribution is 8.08. The summed E-state index contributed by atoms with van der Waals surface area (Å²) in [7, 11) is -7.82. The average Bonchev–Trinajstić information content (AvgIpc) is 2.60. The lowest BCUT2D eigenvalue weighted by Gasteiger charge is -2.05. The normalized spacial score (nSPS) is 12.7. The van der Waals surface area contributed by atoms with Gasteiger partial charge in [-0.1, -0.05) is 11.6 Å². The summed E-state index contributed by atoms with van der Waals surface area (Å²) in [6.45, 7) is 0. The van der Waals surface area contributed by atoms with E-state index >= 15 is 0 Å². The van der Waals surface area contributed by atoms with Crippen LogP contribution in [0.2, 0.25) is 5.15 Å².